The fourth-order valence-corrected chi connectivity index (χ4v) is 3.42. The molecule has 6 nitrogen and oxygen atoms in total. The Morgan fingerprint density at radius 3 is 2.29 bits per heavy atom. The standard InChI is InChI=1S/C14H20N4O2S/c1-8-6-12(7-13(15)9(8)2)21(19,20)17-14-10(3)16-18(5)11(14)4/h6-7,17H,15H2,1-5H3. The summed E-state index contributed by atoms with van der Waals surface area (Å²) in [7, 11) is -1.92. The van der Waals surface area contributed by atoms with Crippen molar-refractivity contribution in [2.24, 2.45) is 7.05 Å². The normalized spacial score (nSPS) is 11.7. The molecule has 0 amide bonds. The third-order valence-electron chi connectivity index (χ3n) is 3.74. The highest BCUT2D eigenvalue weighted by atomic mass is 32.2. The van der Waals surface area contributed by atoms with Gasteiger partial charge in [-0.3, -0.25) is 9.40 Å². The zero-order valence-corrected chi connectivity index (χ0v) is 13.7. The Hall–Kier alpha value is -2.02. The highest BCUT2D eigenvalue weighted by molar-refractivity contribution is 7.92. The highest BCUT2D eigenvalue weighted by Crippen LogP contribution is 2.26. The van der Waals surface area contributed by atoms with Crippen molar-refractivity contribution >= 4 is 21.4 Å². The van der Waals surface area contributed by atoms with Gasteiger partial charge in [0.25, 0.3) is 10.0 Å². The van der Waals surface area contributed by atoms with Crippen molar-refractivity contribution in [2.45, 2.75) is 32.6 Å². The topological polar surface area (TPSA) is 90.0 Å². The maximum Gasteiger partial charge on any atom is 0.262 e. The lowest BCUT2D eigenvalue weighted by atomic mass is 10.1. The van der Waals surface area contributed by atoms with E-state index in [1.165, 1.54) is 6.07 Å². The van der Waals surface area contributed by atoms with Crippen molar-refractivity contribution in [1.82, 2.24) is 9.78 Å². The van der Waals surface area contributed by atoms with Gasteiger partial charge in [-0.15, -0.1) is 0 Å². The quantitative estimate of drug-likeness (QED) is 0.849. The number of anilines is 2. The molecule has 0 spiro atoms. The van der Waals surface area contributed by atoms with E-state index >= 15 is 0 Å². The Labute approximate surface area is 125 Å². The van der Waals surface area contributed by atoms with Crippen LogP contribution in [0.1, 0.15) is 22.5 Å². The summed E-state index contributed by atoms with van der Waals surface area (Å²) in [4.78, 5) is 0.158. The molecule has 0 unspecified atom stereocenters. The van der Waals surface area contributed by atoms with Gasteiger partial charge in [0.2, 0.25) is 0 Å². The Morgan fingerprint density at radius 2 is 1.81 bits per heavy atom. The SMILES string of the molecule is Cc1cc(S(=O)(=O)Nc2c(C)nn(C)c2C)cc(N)c1C. The Balaban J connectivity index is 2.48. The fourth-order valence-electron chi connectivity index (χ4n) is 2.12. The summed E-state index contributed by atoms with van der Waals surface area (Å²) in [6, 6.07) is 3.10. The highest BCUT2D eigenvalue weighted by Gasteiger charge is 2.20. The first-order chi connectivity index (χ1) is 9.63. The zero-order valence-electron chi connectivity index (χ0n) is 12.9. The lowest BCUT2D eigenvalue weighted by Crippen LogP contribution is -2.15. The molecule has 2 aromatic rings. The van der Waals surface area contributed by atoms with Gasteiger partial charge in [0.1, 0.15) is 0 Å². The number of nitrogens with one attached hydrogen (secondary N) is 1. The van der Waals surface area contributed by atoms with E-state index in [0.717, 1.165) is 16.8 Å². The van der Waals surface area contributed by atoms with Crippen molar-refractivity contribution in [3.05, 3.63) is 34.6 Å². The van der Waals surface area contributed by atoms with Crippen LogP contribution >= 0.6 is 0 Å². The van der Waals surface area contributed by atoms with Gasteiger partial charge in [0.05, 0.1) is 22.0 Å². The number of nitrogens with zero attached hydrogens (tertiary/aromatic N) is 2. The number of benzene rings is 1. The minimum absolute atomic E-state index is 0.158. The first-order valence-corrected chi connectivity index (χ1v) is 8.01. The smallest absolute Gasteiger partial charge is 0.262 e. The molecular formula is C14H20N4O2S. The molecule has 1 aromatic carbocycles. The third-order valence-corrected chi connectivity index (χ3v) is 5.07. The summed E-state index contributed by atoms with van der Waals surface area (Å²) in [6.45, 7) is 7.28. The van der Waals surface area contributed by atoms with Crippen LogP contribution < -0.4 is 10.5 Å². The van der Waals surface area contributed by atoms with Crippen LogP contribution in [0.2, 0.25) is 0 Å². The van der Waals surface area contributed by atoms with Crippen LogP contribution in [0.3, 0.4) is 0 Å². The molecular weight excluding hydrogens is 288 g/mol. The number of aryl methyl sites for hydroxylation is 3. The van der Waals surface area contributed by atoms with Crippen LogP contribution in [0.15, 0.2) is 17.0 Å². The molecule has 2 rings (SSSR count). The summed E-state index contributed by atoms with van der Waals surface area (Å²) in [5.41, 5.74) is 9.97. The van der Waals surface area contributed by atoms with E-state index in [-0.39, 0.29) is 4.90 Å². The van der Waals surface area contributed by atoms with Crippen molar-refractivity contribution < 1.29 is 8.42 Å². The molecule has 1 heterocycles. The van der Waals surface area contributed by atoms with Crippen LogP contribution in [0.5, 0.6) is 0 Å². The van der Waals surface area contributed by atoms with Gasteiger partial charge >= 0.3 is 0 Å². The molecule has 0 aliphatic rings. The molecule has 0 aliphatic carbocycles. The average Bonchev–Trinajstić information content (AvgIpc) is 2.62. The number of hydrogen-bond donors (Lipinski definition) is 2. The van der Waals surface area contributed by atoms with E-state index in [1.807, 2.05) is 20.8 Å². The predicted octanol–water partition coefficient (Wildman–Crippen LogP) is 2.04. The number of sulfonamides is 1. The minimum Gasteiger partial charge on any atom is -0.398 e. The first-order valence-electron chi connectivity index (χ1n) is 6.53. The van der Waals surface area contributed by atoms with E-state index < -0.39 is 10.0 Å². The summed E-state index contributed by atoms with van der Waals surface area (Å²) in [5, 5.41) is 4.20. The molecule has 0 radical (unpaired) electrons. The number of hydrogen-bond acceptors (Lipinski definition) is 4. The summed E-state index contributed by atoms with van der Waals surface area (Å²) < 4.78 is 29.3. The van der Waals surface area contributed by atoms with E-state index in [0.29, 0.717) is 17.1 Å². The van der Waals surface area contributed by atoms with E-state index in [1.54, 1.807) is 24.7 Å². The second-order valence-electron chi connectivity index (χ2n) is 5.23. The van der Waals surface area contributed by atoms with Crippen molar-refractivity contribution in [3.8, 4) is 0 Å². The Kier molecular flexibility index (Phi) is 3.71. The predicted molar refractivity (Wildman–Crippen MR) is 83.8 cm³/mol. The van der Waals surface area contributed by atoms with E-state index in [9.17, 15) is 8.42 Å². The molecule has 0 bridgehead atoms. The molecule has 21 heavy (non-hydrogen) atoms. The van der Waals surface area contributed by atoms with Crippen LogP contribution in [0, 0.1) is 27.7 Å². The molecule has 1 aromatic heterocycles. The molecule has 0 saturated heterocycles. The van der Waals surface area contributed by atoms with Gasteiger partial charge in [0, 0.05) is 12.7 Å². The van der Waals surface area contributed by atoms with E-state index in [4.69, 9.17) is 5.73 Å². The Bertz CT molecular complexity index is 784. The van der Waals surface area contributed by atoms with Gasteiger partial charge in [-0.2, -0.15) is 5.10 Å². The number of nitrogen functional groups attached to an aromatic ring is 1. The largest absolute Gasteiger partial charge is 0.398 e. The molecule has 0 aliphatic heterocycles. The second kappa shape index (κ2) is 5.07. The van der Waals surface area contributed by atoms with Crippen LogP contribution in [0.4, 0.5) is 11.4 Å². The van der Waals surface area contributed by atoms with Gasteiger partial charge in [-0.25, -0.2) is 8.42 Å². The molecule has 0 fully saturated rings. The number of aromatic nitrogens is 2. The van der Waals surface area contributed by atoms with E-state index in [2.05, 4.69) is 9.82 Å². The molecule has 0 saturated carbocycles. The number of nitrogens with two attached hydrogens (primary N) is 1. The van der Waals surface area contributed by atoms with Gasteiger partial charge in [-0.1, -0.05) is 0 Å². The Morgan fingerprint density at radius 1 is 1.19 bits per heavy atom. The minimum atomic E-state index is -3.69. The summed E-state index contributed by atoms with van der Waals surface area (Å²) in [6.07, 6.45) is 0. The fraction of sp³-hybridized carbons (Fsp3) is 0.357. The molecule has 3 N–H and O–H groups in total. The average molecular weight is 308 g/mol. The summed E-state index contributed by atoms with van der Waals surface area (Å²) in [5.74, 6) is 0. The number of rotatable bonds is 3. The monoisotopic (exact) mass is 308 g/mol. The lowest BCUT2D eigenvalue weighted by Gasteiger charge is -2.12. The summed E-state index contributed by atoms with van der Waals surface area (Å²) >= 11 is 0. The molecule has 7 heteroatoms. The molecule has 114 valence electrons. The molecule has 0 atom stereocenters. The van der Waals surface area contributed by atoms with Crippen LogP contribution in [-0.4, -0.2) is 18.2 Å². The van der Waals surface area contributed by atoms with Gasteiger partial charge in [0.15, 0.2) is 0 Å². The maximum atomic E-state index is 12.5. The van der Waals surface area contributed by atoms with Crippen LogP contribution in [-0.2, 0) is 17.1 Å². The first kappa shape index (κ1) is 15.4. The maximum absolute atomic E-state index is 12.5. The van der Waals surface area contributed by atoms with Gasteiger partial charge < -0.3 is 5.73 Å². The second-order valence-corrected chi connectivity index (χ2v) is 6.91. The third kappa shape index (κ3) is 2.73. The van der Waals surface area contributed by atoms with Crippen LogP contribution in [0.25, 0.3) is 0 Å². The lowest BCUT2D eigenvalue weighted by molar-refractivity contribution is 0.601. The van der Waals surface area contributed by atoms with Crippen molar-refractivity contribution in [3.63, 3.8) is 0 Å². The van der Waals surface area contributed by atoms with Crippen molar-refractivity contribution in [2.75, 3.05) is 10.5 Å². The zero-order chi connectivity index (χ0) is 15.9. The van der Waals surface area contributed by atoms with Crippen molar-refractivity contribution in [1.29, 1.82) is 0 Å². The van der Waals surface area contributed by atoms with Gasteiger partial charge in [-0.05, 0) is 51.0 Å².